The molecule has 13 heavy (non-hydrogen) atoms. The fourth-order valence-corrected chi connectivity index (χ4v) is 1.03. The van der Waals surface area contributed by atoms with E-state index in [9.17, 15) is 0 Å². The molecule has 0 unspecified atom stereocenters. The maximum absolute atomic E-state index is 8.58. The summed E-state index contributed by atoms with van der Waals surface area (Å²) in [5, 5.41) is 57.6. The average Bonchev–Trinajstić information content (AvgIpc) is 2.26. The molecule has 0 spiro atoms. The van der Waals surface area contributed by atoms with Crippen LogP contribution in [0.3, 0.4) is 0 Å². The van der Waals surface area contributed by atoms with Crippen molar-refractivity contribution in [1.82, 2.24) is 0 Å². The number of hydrogen-bond donors (Lipinski definition) is 0. The summed E-state index contributed by atoms with van der Waals surface area (Å²) in [5.41, 5.74) is 0. The molecule has 0 atom stereocenters. The SMILES string of the molecule is N#[C][Co-3]([C]#N)([C]#N)([C]#N)([C]#N)[C]#N. The van der Waals surface area contributed by atoms with Gasteiger partial charge in [0.1, 0.15) is 0 Å². The zero-order valence-corrected chi connectivity index (χ0v) is 7.06. The molecule has 0 aromatic carbocycles. The normalized spacial score (nSPS) is 13.4. The molecular formula is C6CoN6-3. The van der Waals surface area contributed by atoms with Crippen LogP contribution in [-0.4, -0.2) is 0 Å². The topological polar surface area (TPSA) is 143 Å². The Balaban J connectivity index is 6.92. The summed E-state index contributed by atoms with van der Waals surface area (Å²) >= 11 is 0. The molecule has 0 radical (unpaired) electrons. The standard InChI is InChI=1S/6CN.Co/c6*1-2;/q;;;;;;-3. The zero-order valence-electron chi connectivity index (χ0n) is 6.02. The molecule has 0 fully saturated rings. The molecule has 0 aromatic heterocycles. The van der Waals surface area contributed by atoms with Gasteiger partial charge in [0.2, 0.25) is 0 Å². The van der Waals surface area contributed by atoms with Crippen molar-refractivity contribution in [3.05, 3.63) is 0 Å². The van der Waals surface area contributed by atoms with Crippen LogP contribution >= 0.6 is 0 Å². The van der Waals surface area contributed by atoms with E-state index in [0.29, 0.717) is 0 Å². The fraction of sp³-hybridized carbons (Fsp3) is 0. The van der Waals surface area contributed by atoms with Crippen LogP contribution in [0, 0.1) is 61.6 Å². The van der Waals surface area contributed by atoms with E-state index < -0.39 is 10.5 Å². The third kappa shape index (κ3) is 0.695. The summed E-state index contributed by atoms with van der Waals surface area (Å²) in [5.74, 6) is 0. The Hall–Kier alpha value is -2.55. The van der Waals surface area contributed by atoms with Crippen LogP contribution < -0.4 is 0 Å². The van der Waals surface area contributed by atoms with Crippen molar-refractivity contribution in [3.8, 4) is 30.0 Å². The second-order valence-corrected chi connectivity index (χ2v) is 7.00. The molecule has 7 heteroatoms. The second kappa shape index (κ2) is 1.98. The van der Waals surface area contributed by atoms with Crippen molar-refractivity contribution in [2.24, 2.45) is 0 Å². The number of hydrogen-bond acceptors (Lipinski definition) is 6. The Morgan fingerprint density at radius 2 is 0.615 bits per heavy atom. The molecular weight excluding hydrogens is 215 g/mol. The Labute approximate surface area is 72.6 Å². The van der Waals surface area contributed by atoms with E-state index >= 15 is 0 Å². The molecule has 0 saturated heterocycles. The number of nitrogens with zero attached hydrogens (tertiary/aromatic N) is 6. The number of rotatable bonds is 0. The predicted octanol–water partition coefficient (Wildman–Crippen LogP) is 0.0982. The molecule has 0 N–H and O–H groups in total. The van der Waals surface area contributed by atoms with E-state index in [1.54, 1.807) is 0 Å². The van der Waals surface area contributed by atoms with Crippen molar-refractivity contribution in [1.29, 1.82) is 31.6 Å². The fourth-order valence-electron chi connectivity index (χ4n) is 0.250. The minimum absolute atomic E-state index is 1.02. The molecule has 0 aliphatic carbocycles. The first kappa shape index (κ1) is 10.4. The third-order valence-corrected chi connectivity index (χ3v) is 4.61. The van der Waals surface area contributed by atoms with Crippen molar-refractivity contribution in [3.63, 3.8) is 0 Å². The van der Waals surface area contributed by atoms with Crippen LogP contribution in [0.25, 0.3) is 0 Å². The van der Waals surface area contributed by atoms with Crippen LogP contribution in [0.1, 0.15) is 0 Å². The van der Waals surface area contributed by atoms with Crippen molar-refractivity contribution < 1.29 is 10.5 Å². The minimum atomic E-state index is -6.03. The van der Waals surface area contributed by atoms with E-state index in [1.807, 2.05) is 0 Å². The quantitative estimate of drug-likeness (QED) is 0.560. The first-order valence-electron chi connectivity index (χ1n) is 2.34. The maximum atomic E-state index is 8.58. The Kier molecular flexibility index (Phi) is 1.59. The van der Waals surface area contributed by atoms with Gasteiger partial charge in [0.05, 0.1) is 0 Å². The second-order valence-electron chi connectivity index (χ2n) is 1.70. The molecule has 0 amide bonds. The van der Waals surface area contributed by atoms with Crippen LogP contribution in [-0.2, 0) is 10.5 Å². The molecule has 0 aliphatic rings. The van der Waals surface area contributed by atoms with E-state index in [2.05, 4.69) is 0 Å². The van der Waals surface area contributed by atoms with Crippen LogP contribution in [0.2, 0.25) is 0 Å². The molecule has 0 rings (SSSR count). The summed E-state index contributed by atoms with van der Waals surface area (Å²) in [6.45, 7) is 0. The Morgan fingerprint density at radius 3 is 0.615 bits per heavy atom. The van der Waals surface area contributed by atoms with Gasteiger partial charge in [-0.15, -0.1) is 0 Å². The zero-order chi connectivity index (χ0) is 10.7. The van der Waals surface area contributed by atoms with E-state index in [4.69, 9.17) is 31.6 Å². The number of nitriles is 6. The van der Waals surface area contributed by atoms with E-state index in [1.165, 1.54) is 0 Å². The van der Waals surface area contributed by atoms with Gasteiger partial charge in [0.25, 0.3) is 0 Å². The average molecular weight is 215 g/mol. The van der Waals surface area contributed by atoms with Crippen molar-refractivity contribution in [2.45, 2.75) is 0 Å². The molecule has 0 bridgehead atoms. The van der Waals surface area contributed by atoms with Gasteiger partial charge >= 0.3 is 72.1 Å². The van der Waals surface area contributed by atoms with E-state index in [-0.39, 0.29) is 0 Å². The first-order chi connectivity index (χ1) is 5.97. The summed E-state index contributed by atoms with van der Waals surface area (Å²) < 4.78 is 0. The first-order valence-corrected chi connectivity index (χ1v) is 5.46. The summed E-state index contributed by atoms with van der Waals surface area (Å²) in [6, 6.07) is 0. The van der Waals surface area contributed by atoms with Gasteiger partial charge in [0, 0.05) is 0 Å². The van der Waals surface area contributed by atoms with Gasteiger partial charge in [-0.05, 0) is 0 Å². The molecule has 6 nitrogen and oxygen atoms in total. The van der Waals surface area contributed by atoms with Gasteiger partial charge < -0.3 is 0 Å². The molecule has 0 aromatic rings. The van der Waals surface area contributed by atoms with Crippen LogP contribution in [0.5, 0.6) is 0 Å². The van der Waals surface area contributed by atoms with Gasteiger partial charge in [-0.3, -0.25) is 0 Å². The van der Waals surface area contributed by atoms with Crippen molar-refractivity contribution in [2.75, 3.05) is 0 Å². The van der Waals surface area contributed by atoms with Crippen LogP contribution in [0.4, 0.5) is 0 Å². The Morgan fingerprint density at radius 1 is 0.462 bits per heavy atom. The van der Waals surface area contributed by atoms with E-state index in [0.717, 1.165) is 30.0 Å². The summed E-state index contributed by atoms with van der Waals surface area (Å²) in [6.07, 6.45) is 0. The third-order valence-electron chi connectivity index (χ3n) is 1.12. The van der Waals surface area contributed by atoms with Gasteiger partial charge in [0.15, 0.2) is 0 Å². The molecule has 0 aliphatic heterocycles. The summed E-state index contributed by atoms with van der Waals surface area (Å²) in [7, 11) is -6.03. The summed E-state index contributed by atoms with van der Waals surface area (Å²) in [4.78, 5) is 0. The van der Waals surface area contributed by atoms with Crippen LogP contribution in [0.15, 0.2) is 0 Å². The molecule has 66 valence electrons. The van der Waals surface area contributed by atoms with Crippen molar-refractivity contribution >= 4 is 0 Å². The predicted molar refractivity (Wildman–Crippen MR) is 33.7 cm³/mol. The van der Waals surface area contributed by atoms with Gasteiger partial charge in [-0.2, -0.15) is 0 Å². The van der Waals surface area contributed by atoms with Gasteiger partial charge in [-0.25, -0.2) is 0 Å². The monoisotopic (exact) mass is 215 g/mol. The molecule has 0 saturated carbocycles. The molecule has 0 heterocycles. The Bertz CT molecular complexity index is 387. The van der Waals surface area contributed by atoms with Gasteiger partial charge in [-0.1, -0.05) is 0 Å².